The number of esters is 2. The second-order valence-corrected chi connectivity index (χ2v) is 6.10. The summed E-state index contributed by atoms with van der Waals surface area (Å²) >= 11 is 0. The number of carbonyl (C=O) groups excluding carboxylic acids is 3. The molecule has 0 bridgehead atoms. The molecule has 1 heterocycles. The number of furan rings is 1. The van der Waals surface area contributed by atoms with Crippen LogP contribution in [-0.2, 0) is 28.6 Å². The van der Waals surface area contributed by atoms with E-state index in [1.165, 1.54) is 23.4 Å². The van der Waals surface area contributed by atoms with Gasteiger partial charge in [-0.25, -0.2) is 0 Å². The Labute approximate surface area is 166 Å². The van der Waals surface area contributed by atoms with Crippen LogP contribution in [0.1, 0.15) is 31.3 Å². The number of hydrazone groups is 1. The van der Waals surface area contributed by atoms with Crippen LogP contribution in [0.25, 0.3) is 0 Å². The molecule has 0 saturated carbocycles. The molecule has 0 aromatic carbocycles. The predicted molar refractivity (Wildman–Crippen MR) is 97.7 cm³/mol. The van der Waals surface area contributed by atoms with Crippen molar-refractivity contribution in [3.05, 3.63) is 33.8 Å². The minimum Gasteiger partial charge on any atom is -0.462 e. The second-order valence-electron chi connectivity index (χ2n) is 6.10. The highest BCUT2D eigenvalue weighted by Crippen LogP contribution is 2.28. The summed E-state index contributed by atoms with van der Waals surface area (Å²) in [6.45, 7) is 1.14. The van der Waals surface area contributed by atoms with E-state index >= 15 is 0 Å². The lowest BCUT2D eigenvalue weighted by Crippen LogP contribution is -2.43. The van der Waals surface area contributed by atoms with Crippen molar-refractivity contribution in [2.24, 2.45) is 5.10 Å². The van der Waals surface area contributed by atoms with Gasteiger partial charge >= 0.3 is 11.9 Å². The molecule has 1 aromatic heterocycles. The number of hydrogen-bond acceptors (Lipinski definition) is 11. The van der Waals surface area contributed by atoms with E-state index in [4.69, 9.17) is 18.6 Å². The predicted octanol–water partition coefficient (Wildman–Crippen LogP) is 0.572. The maximum Gasteiger partial charge on any atom is 0.303 e. The van der Waals surface area contributed by atoms with E-state index in [9.17, 15) is 24.5 Å². The minimum absolute atomic E-state index is 0.0746. The number of carbonyl (C=O) groups is 3. The van der Waals surface area contributed by atoms with Crippen LogP contribution in [0.3, 0.4) is 0 Å². The van der Waals surface area contributed by atoms with Crippen LogP contribution in [0, 0.1) is 10.1 Å². The molecule has 29 heavy (non-hydrogen) atoms. The third-order valence-electron chi connectivity index (χ3n) is 3.52. The molecular formula is C17H23N3O9. The van der Waals surface area contributed by atoms with Gasteiger partial charge in [0, 0.05) is 32.9 Å². The van der Waals surface area contributed by atoms with E-state index in [1.54, 1.807) is 14.1 Å². The minimum atomic E-state index is -1.34. The van der Waals surface area contributed by atoms with E-state index in [2.05, 4.69) is 5.10 Å². The van der Waals surface area contributed by atoms with Gasteiger partial charge in [-0.15, -0.1) is 0 Å². The van der Waals surface area contributed by atoms with Gasteiger partial charge in [0.05, 0.1) is 6.21 Å². The molecule has 0 radical (unpaired) electrons. The Bertz CT molecular complexity index is 744. The van der Waals surface area contributed by atoms with E-state index < -0.39 is 48.1 Å². The van der Waals surface area contributed by atoms with E-state index in [0.717, 1.165) is 13.8 Å². The first-order valence-corrected chi connectivity index (χ1v) is 8.46. The molecule has 0 amide bonds. The van der Waals surface area contributed by atoms with Crippen molar-refractivity contribution in [3.63, 3.8) is 0 Å². The molecule has 12 heteroatoms. The highest BCUT2D eigenvalue weighted by atomic mass is 16.6. The Morgan fingerprint density at radius 1 is 1.31 bits per heavy atom. The maximum absolute atomic E-state index is 11.6. The molecule has 1 rings (SSSR count). The molecule has 1 aromatic rings. The van der Waals surface area contributed by atoms with E-state index in [0.29, 0.717) is 5.76 Å². The quantitative estimate of drug-likeness (QED) is 0.119. The van der Waals surface area contributed by atoms with Crippen LogP contribution < -0.4 is 0 Å². The van der Waals surface area contributed by atoms with Gasteiger partial charge in [-0.1, -0.05) is 0 Å². The summed E-state index contributed by atoms with van der Waals surface area (Å²) < 4.78 is 20.5. The summed E-state index contributed by atoms with van der Waals surface area (Å²) in [4.78, 5) is 44.2. The molecule has 0 saturated heterocycles. The van der Waals surface area contributed by atoms with Gasteiger partial charge in [0.15, 0.2) is 12.2 Å². The van der Waals surface area contributed by atoms with Crippen molar-refractivity contribution >= 4 is 24.6 Å². The monoisotopic (exact) mass is 413 g/mol. The van der Waals surface area contributed by atoms with Crippen LogP contribution in [0.5, 0.6) is 0 Å². The zero-order chi connectivity index (χ0) is 22.0. The summed E-state index contributed by atoms with van der Waals surface area (Å²) in [5, 5.41) is 16.8. The fourth-order valence-electron chi connectivity index (χ4n) is 2.42. The fourth-order valence-corrected chi connectivity index (χ4v) is 2.42. The van der Waals surface area contributed by atoms with E-state index in [1.807, 2.05) is 0 Å². The lowest BCUT2D eigenvalue weighted by molar-refractivity contribution is -0.486. The zero-order valence-electron chi connectivity index (χ0n) is 16.5. The van der Waals surface area contributed by atoms with Gasteiger partial charge < -0.3 is 23.6 Å². The summed E-state index contributed by atoms with van der Waals surface area (Å²) in [6.07, 6.45) is -1.23. The smallest absolute Gasteiger partial charge is 0.303 e. The zero-order valence-corrected chi connectivity index (χ0v) is 16.5. The standard InChI is InChI=1S/C17H23N3O9/c1-11(22)26-9-16(27-10-21)17(28-12(2)23)14(8-20(24)25)15-6-5-13(29-15)7-18-19(3)4/h5-7,10,14,16-17H,8-9H2,1-4H3/b18-7+/t14-,16-,17+/m0/s1. The Balaban J connectivity index is 3.29. The molecule has 12 nitrogen and oxygen atoms in total. The normalized spacial score (nSPS) is 13.9. The lowest BCUT2D eigenvalue weighted by atomic mass is 9.95. The topological polar surface area (TPSA) is 151 Å². The van der Waals surface area contributed by atoms with Gasteiger partial charge in [-0.3, -0.25) is 24.5 Å². The maximum atomic E-state index is 11.6. The first-order chi connectivity index (χ1) is 13.6. The molecule has 0 N–H and O–H groups in total. The van der Waals surface area contributed by atoms with Crippen LogP contribution in [0.15, 0.2) is 21.7 Å². The Morgan fingerprint density at radius 3 is 2.52 bits per heavy atom. The average Bonchev–Trinajstić information content (AvgIpc) is 3.08. The van der Waals surface area contributed by atoms with Crippen LogP contribution in [0.2, 0.25) is 0 Å². The highest BCUT2D eigenvalue weighted by Gasteiger charge is 2.40. The molecule has 3 atom stereocenters. The van der Waals surface area contributed by atoms with E-state index in [-0.39, 0.29) is 12.2 Å². The fraction of sp³-hybridized carbons (Fsp3) is 0.529. The SMILES string of the molecule is CC(=O)OC[C@H](OC=O)[C@H](OC(C)=O)[C@@H](C[N+](=O)[O-])c1ccc(/C=N/N(C)C)o1. The third-order valence-corrected chi connectivity index (χ3v) is 3.52. The summed E-state index contributed by atoms with van der Waals surface area (Å²) in [5.74, 6) is -2.16. The van der Waals surface area contributed by atoms with Crippen molar-refractivity contribution in [1.29, 1.82) is 0 Å². The molecule has 0 fully saturated rings. The summed E-state index contributed by atoms with van der Waals surface area (Å²) in [6, 6.07) is 2.99. The van der Waals surface area contributed by atoms with Gasteiger partial charge in [0.1, 0.15) is 24.0 Å². The molecule has 0 aliphatic carbocycles. The van der Waals surface area contributed by atoms with Crippen LogP contribution in [0.4, 0.5) is 0 Å². The molecule has 0 unspecified atom stereocenters. The molecule has 0 aliphatic heterocycles. The number of ether oxygens (including phenoxy) is 3. The van der Waals surface area contributed by atoms with Gasteiger partial charge in [-0.2, -0.15) is 5.10 Å². The van der Waals surface area contributed by atoms with Crippen LogP contribution >= 0.6 is 0 Å². The number of nitrogens with zero attached hydrogens (tertiary/aromatic N) is 3. The second kappa shape index (κ2) is 11.4. The summed E-state index contributed by atoms with van der Waals surface area (Å²) in [7, 11) is 3.39. The Kier molecular flexibility index (Phi) is 9.29. The molecule has 0 aliphatic rings. The van der Waals surface area contributed by atoms with Gasteiger partial charge in [0.2, 0.25) is 6.54 Å². The first-order valence-electron chi connectivity index (χ1n) is 8.46. The van der Waals surface area contributed by atoms with Gasteiger partial charge in [-0.05, 0) is 12.1 Å². The Morgan fingerprint density at radius 2 is 2.00 bits per heavy atom. The van der Waals surface area contributed by atoms with Crippen molar-refractivity contribution < 1.29 is 37.9 Å². The third kappa shape index (κ3) is 8.41. The van der Waals surface area contributed by atoms with Crippen molar-refractivity contribution in [2.75, 3.05) is 27.2 Å². The summed E-state index contributed by atoms with van der Waals surface area (Å²) in [5.41, 5.74) is 0. The van der Waals surface area contributed by atoms with Crippen molar-refractivity contribution in [2.45, 2.75) is 32.0 Å². The average molecular weight is 413 g/mol. The Hall–Kier alpha value is -3.44. The highest BCUT2D eigenvalue weighted by molar-refractivity contribution is 5.75. The lowest BCUT2D eigenvalue weighted by Gasteiger charge is -2.28. The van der Waals surface area contributed by atoms with Crippen molar-refractivity contribution in [1.82, 2.24) is 5.01 Å². The van der Waals surface area contributed by atoms with Crippen molar-refractivity contribution in [3.8, 4) is 0 Å². The molecule has 0 spiro atoms. The number of hydrogen-bond donors (Lipinski definition) is 0. The number of rotatable bonds is 12. The molecular weight excluding hydrogens is 390 g/mol. The largest absolute Gasteiger partial charge is 0.462 e. The van der Waals surface area contributed by atoms with Gasteiger partial charge in [0.25, 0.3) is 6.47 Å². The number of nitro groups is 1. The van der Waals surface area contributed by atoms with Crippen LogP contribution in [-0.4, -0.2) is 74.0 Å². The first kappa shape index (κ1) is 23.6. The molecule has 160 valence electrons.